The Morgan fingerprint density at radius 2 is 1.82 bits per heavy atom. The third-order valence-corrected chi connectivity index (χ3v) is 3.88. The zero-order chi connectivity index (χ0) is 20.3. The van der Waals surface area contributed by atoms with Gasteiger partial charge in [0.05, 0.1) is 16.8 Å². The predicted molar refractivity (Wildman–Crippen MR) is 93.5 cm³/mol. The van der Waals surface area contributed by atoms with Gasteiger partial charge in [0.1, 0.15) is 5.56 Å². The summed E-state index contributed by atoms with van der Waals surface area (Å²) in [5, 5.41) is 8.37. The summed E-state index contributed by atoms with van der Waals surface area (Å²) in [6, 6.07) is 6.71. The number of carbonyl (C=O) groups is 1. The number of hydrogen-bond donors (Lipinski definition) is 3. The smallest absolute Gasteiger partial charge is 0.367 e. The minimum absolute atomic E-state index is 0.0833. The molecule has 3 rings (SSSR count). The van der Waals surface area contributed by atoms with Crippen molar-refractivity contribution in [3.05, 3.63) is 86.1 Å². The van der Waals surface area contributed by atoms with E-state index in [4.69, 9.17) is 0 Å². The Morgan fingerprint density at radius 1 is 1.11 bits per heavy atom. The number of hydrogen-bond acceptors (Lipinski definition) is 4. The summed E-state index contributed by atoms with van der Waals surface area (Å²) in [5.41, 5.74) is -1.51. The number of carbonyl (C=O) groups excluding carboxylic acids is 1. The van der Waals surface area contributed by atoms with Crippen molar-refractivity contribution < 1.29 is 18.0 Å². The summed E-state index contributed by atoms with van der Waals surface area (Å²) >= 11 is 0. The molecular weight excluding hydrogens is 377 g/mol. The molecule has 3 aromatic rings. The van der Waals surface area contributed by atoms with E-state index in [2.05, 4.69) is 20.5 Å². The van der Waals surface area contributed by atoms with Crippen LogP contribution in [0.4, 0.5) is 13.2 Å². The molecule has 2 aromatic heterocycles. The Kier molecular flexibility index (Phi) is 5.12. The molecule has 0 radical (unpaired) electrons. The molecule has 2 heterocycles. The number of aromatic nitrogens is 3. The normalized spacial score (nSPS) is 11.2. The van der Waals surface area contributed by atoms with E-state index in [9.17, 15) is 27.6 Å². The van der Waals surface area contributed by atoms with E-state index in [1.54, 1.807) is 0 Å². The number of halogens is 3. The van der Waals surface area contributed by atoms with Crippen LogP contribution in [0.1, 0.15) is 21.5 Å². The van der Waals surface area contributed by atoms with Gasteiger partial charge in [-0.1, -0.05) is 12.1 Å². The van der Waals surface area contributed by atoms with Gasteiger partial charge >= 0.3 is 6.18 Å². The summed E-state index contributed by atoms with van der Waals surface area (Å²) in [6.45, 7) is -0.0833. The first kappa shape index (κ1) is 19.1. The van der Waals surface area contributed by atoms with Gasteiger partial charge in [0.15, 0.2) is 5.43 Å². The molecule has 1 amide bonds. The SMILES string of the molecule is O=C(NCc1ccc(C(F)(F)F)cc1)c1cc(-c2c[nH]ccc2=O)n[nH]c1=O. The maximum Gasteiger partial charge on any atom is 0.416 e. The maximum absolute atomic E-state index is 12.6. The van der Waals surface area contributed by atoms with Crippen LogP contribution < -0.4 is 16.3 Å². The fourth-order valence-electron chi connectivity index (χ4n) is 2.42. The van der Waals surface area contributed by atoms with Gasteiger partial charge in [-0.05, 0) is 23.8 Å². The Hall–Kier alpha value is -3.69. The van der Waals surface area contributed by atoms with Crippen molar-refractivity contribution in [2.45, 2.75) is 12.7 Å². The lowest BCUT2D eigenvalue weighted by molar-refractivity contribution is -0.137. The highest BCUT2D eigenvalue weighted by Gasteiger charge is 2.29. The zero-order valence-corrected chi connectivity index (χ0v) is 14.1. The van der Waals surface area contributed by atoms with E-state index in [1.165, 1.54) is 36.7 Å². The number of nitrogens with one attached hydrogen (secondary N) is 3. The van der Waals surface area contributed by atoms with Gasteiger partial charge in [0.25, 0.3) is 11.5 Å². The van der Waals surface area contributed by atoms with Crippen LogP contribution in [0.15, 0.2) is 58.4 Å². The largest absolute Gasteiger partial charge is 0.416 e. The third kappa shape index (κ3) is 4.17. The monoisotopic (exact) mass is 390 g/mol. The fourth-order valence-corrected chi connectivity index (χ4v) is 2.42. The van der Waals surface area contributed by atoms with Crippen molar-refractivity contribution >= 4 is 5.91 Å². The lowest BCUT2D eigenvalue weighted by Crippen LogP contribution is -2.30. The molecule has 0 fully saturated rings. The van der Waals surface area contributed by atoms with Gasteiger partial charge in [0.2, 0.25) is 0 Å². The second kappa shape index (κ2) is 7.51. The summed E-state index contributed by atoms with van der Waals surface area (Å²) in [5.74, 6) is -0.753. The molecule has 3 N–H and O–H groups in total. The molecule has 0 atom stereocenters. The van der Waals surface area contributed by atoms with Gasteiger partial charge in [-0.2, -0.15) is 18.3 Å². The number of aromatic amines is 2. The minimum atomic E-state index is -4.45. The molecule has 10 heteroatoms. The molecule has 0 spiro atoms. The molecule has 0 bridgehead atoms. The molecule has 144 valence electrons. The standard InChI is InChI=1S/C18H13F3N4O3/c19-18(20,21)11-3-1-10(2-4-11)8-23-16(27)12-7-14(24-25-17(12)28)13-9-22-6-5-15(13)26/h1-7,9H,8H2,(H,22,26)(H,23,27)(H,25,28). The van der Waals surface area contributed by atoms with Gasteiger partial charge in [-0.25, -0.2) is 5.10 Å². The average Bonchev–Trinajstić information content (AvgIpc) is 2.67. The Balaban J connectivity index is 1.78. The Labute approximate surface area is 155 Å². The summed E-state index contributed by atoms with van der Waals surface area (Å²) < 4.78 is 37.7. The molecule has 7 nitrogen and oxygen atoms in total. The van der Waals surface area contributed by atoms with Gasteiger partial charge in [-0.15, -0.1) is 0 Å². The van der Waals surface area contributed by atoms with Crippen molar-refractivity contribution in [3.8, 4) is 11.3 Å². The molecule has 0 aliphatic carbocycles. The Morgan fingerprint density at radius 3 is 2.46 bits per heavy atom. The number of benzene rings is 1. The molecule has 28 heavy (non-hydrogen) atoms. The lowest BCUT2D eigenvalue weighted by atomic mass is 10.1. The average molecular weight is 390 g/mol. The number of nitrogens with zero attached hydrogens (tertiary/aromatic N) is 1. The highest BCUT2D eigenvalue weighted by Crippen LogP contribution is 2.29. The van der Waals surface area contributed by atoms with Crippen LogP contribution in [0.25, 0.3) is 11.3 Å². The lowest BCUT2D eigenvalue weighted by Gasteiger charge is -2.09. The van der Waals surface area contributed by atoms with Crippen LogP contribution in [0.3, 0.4) is 0 Å². The topological polar surface area (TPSA) is 108 Å². The van der Waals surface area contributed by atoms with Crippen molar-refractivity contribution in [2.24, 2.45) is 0 Å². The maximum atomic E-state index is 12.6. The molecule has 1 aromatic carbocycles. The molecule has 0 saturated carbocycles. The second-order valence-electron chi connectivity index (χ2n) is 5.80. The van der Waals surface area contributed by atoms with Crippen LogP contribution >= 0.6 is 0 Å². The first-order valence-corrected chi connectivity index (χ1v) is 7.97. The van der Waals surface area contributed by atoms with E-state index >= 15 is 0 Å². The van der Waals surface area contributed by atoms with Crippen molar-refractivity contribution in [1.82, 2.24) is 20.5 Å². The van der Waals surface area contributed by atoms with Crippen molar-refractivity contribution in [1.29, 1.82) is 0 Å². The zero-order valence-electron chi connectivity index (χ0n) is 14.1. The Bertz CT molecular complexity index is 1120. The van der Waals surface area contributed by atoms with Crippen LogP contribution in [0, 0.1) is 0 Å². The number of pyridine rings is 1. The molecule has 0 aliphatic heterocycles. The third-order valence-electron chi connectivity index (χ3n) is 3.88. The fraction of sp³-hybridized carbons (Fsp3) is 0.111. The summed E-state index contributed by atoms with van der Waals surface area (Å²) in [7, 11) is 0. The number of rotatable bonds is 4. The van der Waals surface area contributed by atoms with Gasteiger partial charge in [-0.3, -0.25) is 14.4 Å². The molecular formula is C18H13F3N4O3. The van der Waals surface area contributed by atoms with E-state index in [1.807, 2.05) is 0 Å². The van der Waals surface area contributed by atoms with Crippen molar-refractivity contribution in [3.63, 3.8) is 0 Å². The van der Waals surface area contributed by atoms with Crippen LogP contribution in [0.2, 0.25) is 0 Å². The van der Waals surface area contributed by atoms with Crippen molar-refractivity contribution in [2.75, 3.05) is 0 Å². The van der Waals surface area contributed by atoms with E-state index < -0.39 is 23.2 Å². The first-order chi connectivity index (χ1) is 13.3. The minimum Gasteiger partial charge on any atom is -0.367 e. The van der Waals surface area contributed by atoms with Crippen LogP contribution in [-0.4, -0.2) is 21.1 Å². The van der Waals surface area contributed by atoms with Crippen LogP contribution in [-0.2, 0) is 12.7 Å². The van der Waals surface area contributed by atoms with Gasteiger partial charge in [0, 0.05) is 25.0 Å². The first-order valence-electron chi connectivity index (χ1n) is 7.97. The van der Waals surface area contributed by atoms with E-state index in [-0.39, 0.29) is 28.8 Å². The quantitative estimate of drug-likeness (QED) is 0.634. The van der Waals surface area contributed by atoms with Crippen LogP contribution in [0.5, 0.6) is 0 Å². The number of alkyl halides is 3. The van der Waals surface area contributed by atoms with Gasteiger partial charge < -0.3 is 10.3 Å². The summed E-state index contributed by atoms with van der Waals surface area (Å²) in [6.07, 6.45) is -1.64. The predicted octanol–water partition coefficient (Wildman–Crippen LogP) is 2.07. The highest BCUT2D eigenvalue weighted by molar-refractivity contribution is 5.94. The molecule has 0 aliphatic rings. The number of amides is 1. The molecule has 0 unspecified atom stereocenters. The van der Waals surface area contributed by atoms with E-state index in [0.717, 1.165) is 12.1 Å². The second-order valence-corrected chi connectivity index (χ2v) is 5.80. The van der Waals surface area contributed by atoms with E-state index in [0.29, 0.717) is 5.56 Å². The highest BCUT2D eigenvalue weighted by atomic mass is 19.4. The summed E-state index contributed by atoms with van der Waals surface area (Å²) in [4.78, 5) is 38.8. The number of H-pyrrole nitrogens is 2. The molecule has 0 saturated heterocycles.